The molecule has 38 heavy (non-hydrogen) atoms. The quantitative estimate of drug-likeness (QED) is 0.155. The van der Waals surface area contributed by atoms with Crippen molar-refractivity contribution in [2.24, 2.45) is 5.10 Å². The summed E-state index contributed by atoms with van der Waals surface area (Å²) in [7, 11) is 0. The van der Waals surface area contributed by atoms with Crippen LogP contribution in [0.4, 0.5) is 5.82 Å². The van der Waals surface area contributed by atoms with Crippen LogP contribution in [0, 0.1) is 10.1 Å². The van der Waals surface area contributed by atoms with Crippen LogP contribution >= 0.6 is 15.9 Å². The number of amides is 1. The zero-order chi connectivity index (χ0) is 27.2. The van der Waals surface area contributed by atoms with Crippen molar-refractivity contribution in [2.45, 2.75) is 20.1 Å². The topological polar surface area (TPSA) is 162 Å². The highest BCUT2D eigenvalue weighted by molar-refractivity contribution is 9.10. The number of nitro groups is 1. The lowest BCUT2D eigenvalue weighted by Crippen LogP contribution is -2.19. The molecule has 0 aliphatic rings. The molecule has 4 rings (SSSR count). The Bertz CT molecular complexity index is 1530. The van der Waals surface area contributed by atoms with E-state index in [0.717, 1.165) is 11.1 Å². The summed E-state index contributed by atoms with van der Waals surface area (Å²) in [4.78, 5) is 33.9. The first-order chi connectivity index (χ1) is 18.2. The van der Waals surface area contributed by atoms with Gasteiger partial charge in [0.2, 0.25) is 5.76 Å². The number of ether oxygens (including phenoxy) is 1. The fraction of sp³-hybridized carbons (Fsp3) is 0.120. The third kappa shape index (κ3) is 6.50. The Balaban J connectivity index is 1.34. The number of hydrogen-bond acceptors (Lipinski definition) is 8. The molecular weight excluding hydrogens is 562 g/mol. The Hall–Kier alpha value is -4.78. The van der Waals surface area contributed by atoms with Crippen molar-refractivity contribution < 1.29 is 28.8 Å². The molecule has 1 amide bonds. The number of hydrogen-bond donors (Lipinski definition) is 2. The number of carboxylic acid groups (broad SMARTS) is 1. The molecule has 2 heterocycles. The first-order valence-electron chi connectivity index (χ1n) is 11.1. The van der Waals surface area contributed by atoms with Crippen LogP contribution in [0.3, 0.4) is 0 Å². The molecule has 0 atom stereocenters. The van der Waals surface area contributed by atoms with Gasteiger partial charge in [0.05, 0.1) is 23.6 Å². The molecule has 12 nitrogen and oxygen atoms in total. The van der Waals surface area contributed by atoms with E-state index in [0.29, 0.717) is 22.8 Å². The van der Waals surface area contributed by atoms with E-state index in [9.17, 15) is 19.7 Å². The largest absolute Gasteiger partial charge is 0.486 e. The van der Waals surface area contributed by atoms with E-state index in [2.05, 4.69) is 31.6 Å². The second-order valence-corrected chi connectivity index (χ2v) is 8.83. The lowest BCUT2D eigenvalue weighted by Gasteiger charge is -2.07. The van der Waals surface area contributed by atoms with E-state index in [4.69, 9.17) is 14.3 Å². The molecule has 2 aromatic carbocycles. The number of benzene rings is 2. The second-order valence-electron chi connectivity index (χ2n) is 7.98. The van der Waals surface area contributed by atoms with Crippen molar-refractivity contribution in [3.63, 3.8) is 0 Å². The van der Waals surface area contributed by atoms with Gasteiger partial charge in [-0.2, -0.15) is 9.78 Å². The number of carbonyl (C=O) groups is 2. The molecule has 0 fully saturated rings. The summed E-state index contributed by atoms with van der Waals surface area (Å²) in [5.74, 6) is -1.07. The molecule has 0 radical (unpaired) electrons. The maximum atomic E-state index is 12.6. The summed E-state index contributed by atoms with van der Waals surface area (Å²) in [6, 6.07) is 16.7. The molecule has 0 spiro atoms. The van der Waals surface area contributed by atoms with Gasteiger partial charge in [0.15, 0.2) is 0 Å². The summed E-state index contributed by atoms with van der Waals surface area (Å²) in [5.41, 5.74) is 4.94. The normalized spacial score (nSPS) is 11.3. The van der Waals surface area contributed by atoms with E-state index in [1.165, 1.54) is 23.0 Å². The predicted molar refractivity (Wildman–Crippen MR) is 138 cm³/mol. The van der Waals surface area contributed by atoms with Gasteiger partial charge in [-0.15, -0.1) is 0 Å². The molecule has 0 aliphatic carbocycles. The Kier molecular flexibility index (Phi) is 7.97. The maximum absolute atomic E-state index is 12.6. The SMILES string of the molecule is C/C(=N/NC(=O)c1cccc(Cn2cc(Br)c([N+](=O)[O-])n2)c1)c1ccc(OCc2ccc(C(=O)O)o2)cc1. The number of carboxylic acids is 1. The van der Waals surface area contributed by atoms with E-state index in [1.54, 1.807) is 55.5 Å². The third-order valence-electron chi connectivity index (χ3n) is 5.26. The van der Waals surface area contributed by atoms with Crippen molar-refractivity contribution in [2.75, 3.05) is 0 Å². The van der Waals surface area contributed by atoms with Crippen LogP contribution in [0.5, 0.6) is 5.75 Å². The van der Waals surface area contributed by atoms with E-state index in [-0.39, 0.29) is 29.2 Å². The molecule has 0 unspecified atom stereocenters. The second kappa shape index (κ2) is 11.5. The van der Waals surface area contributed by atoms with Gasteiger partial charge in [0.1, 0.15) is 22.6 Å². The van der Waals surface area contributed by atoms with Crippen LogP contribution in [-0.2, 0) is 13.2 Å². The highest BCUT2D eigenvalue weighted by Gasteiger charge is 2.19. The number of rotatable bonds is 10. The average molecular weight is 582 g/mol. The van der Waals surface area contributed by atoms with Crippen molar-refractivity contribution in [1.82, 2.24) is 15.2 Å². The van der Waals surface area contributed by atoms with Gasteiger partial charge in [-0.1, -0.05) is 12.1 Å². The van der Waals surface area contributed by atoms with E-state index in [1.807, 2.05) is 0 Å². The van der Waals surface area contributed by atoms with Gasteiger partial charge in [-0.3, -0.25) is 4.79 Å². The van der Waals surface area contributed by atoms with Gasteiger partial charge in [-0.05, 0) is 87.4 Å². The molecule has 0 bridgehead atoms. The summed E-state index contributed by atoms with van der Waals surface area (Å²) in [6.07, 6.45) is 1.50. The monoisotopic (exact) mass is 581 g/mol. The number of halogens is 1. The lowest BCUT2D eigenvalue weighted by atomic mass is 10.1. The van der Waals surface area contributed by atoms with Crippen LogP contribution in [0.25, 0.3) is 0 Å². The van der Waals surface area contributed by atoms with Gasteiger partial charge in [0, 0.05) is 5.56 Å². The minimum Gasteiger partial charge on any atom is -0.486 e. The van der Waals surface area contributed by atoms with E-state index < -0.39 is 16.8 Å². The number of carbonyl (C=O) groups excluding carboxylic acids is 1. The highest BCUT2D eigenvalue weighted by atomic mass is 79.9. The summed E-state index contributed by atoms with van der Waals surface area (Å²) in [6.45, 7) is 2.06. The number of hydrazone groups is 1. The zero-order valence-electron chi connectivity index (χ0n) is 19.8. The van der Waals surface area contributed by atoms with E-state index >= 15 is 0 Å². The first-order valence-corrected chi connectivity index (χ1v) is 11.8. The molecule has 0 saturated carbocycles. The summed E-state index contributed by atoms with van der Waals surface area (Å²) >= 11 is 3.12. The Morgan fingerprint density at radius 3 is 2.61 bits per heavy atom. The van der Waals surface area contributed by atoms with Crippen LogP contribution in [-0.4, -0.2) is 37.4 Å². The molecular formula is C25H20BrN5O7. The molecule has 0 saturated heterocycles. The highest BCUT2D eigenvalue weighted by Crippen LogP contribution is 2.22. The summed E-state index contributed by atoms with van der Waals surface area (Å²) < 4.78 is 12.5. The number of aromatic carboxylic acids is 1. The average Bonchev–Trinajstić information content (AvgIpc) is 3.53. The van der Waals surface area contributed by atoms with Gasteiger partial charge >= 0.3 is 11.8 Å². The number of aromatic nitrogens is 2. The molecule has 2 N–H and O–H groups in total. The number of furan rings is 1. The minimum absolute atomic E-state index is 0.0728. The third-order valence-corrected chi connectivity index (χ3v) is 5.82. The van der Waals surface area contributed by atoms with Crippen LogP contribution < -0.4 is 10.2 Å². The van der Waals surface area contributed by atoms with Crippen molar-refractivity contribution in [3.8, 4) is 5.75 Å². The number of nitrogens with zero attached hydrogens (tertiary/aromatic N) is 4. The first kappa shape index (κ1) is 26.3. The van der Waals surface area contributed by atoms with Crippen LogP contribution in [0.15, 0.2) is 80.9 Å². The fourth-order valence-corrected chi connectivity index (χ4v) is 3.83. The van der Waals surface area contributed by atoms with Crippen molar-refractivity contribution in [3.05, 3.63) is 110 Å². The Morgan fingerprint density at radius 2 is 1.95 bits per heavy atom. The van der Waals surface area contributed by atoms with Crippen molar-refractivity contribution in [1.29, 1.82) is 0 Å². The molecule has 13 heteroatoms. The molecule has 0 aliphatic heterocycles. The lowest BCUT2D eigenvalue weighted by molar-refractivity contribution is -0.390. The van der Waals surface area contributed by atoms with Gasteiger partial charge in [-0.25, -0.2) is 10.2 Å². The predicted octanol–water partition coefficient (Wildman–Crippen LogP) is 4.63. The zero-order valence-corrected chi connectivity index (χ0v) is 21.4. The smallest absolute Gasteiger partial charge is 0.404 e. The fourth-order valence-electron chi connectivity index (χ4n) is 3.37. The maximum Gasteiger partial charge on any atom is 0.404 e. The van der Waals surface area contributed by atoms with Crippen molar-refractivity contribution >= 4 is 39.3 Å². The molecule has 2 aromatic heterocycles. The van der Waals surface area contributed by atoms with Gasteiger partial charge < -0.3 is 24.4 Å². The number of nitrogens with one attached hydrogen (secondary N) is 1. The Morgan fingerprint density at radius 1 is 1.18 bits per heavy atom. The molecule has 4 aromatic rings. The molecule has 194 valence electrons. The summed E-state index contributed by atoms with van der Waals surface area (Å²) in [5, 5.41) is 28.0. The minimum atomic E-state index is -1.15. The van der Waals surface area contributed by atoms with Gasteiger partial charge in [0.25, 0.3) is 5.91 Å². The van der Waals surface area contributed by atoms with Crippen LogP contribution in [0.1, 0.15) is 44.7 Å². The standard InChI is InChI=1S/C25H20BrN5O7/c1-15(17-5-7-19(8-6-17)37-14-20-9-10-22(38-20)25(33)34)27-28-24(32)18-4-2-3-16(11-18)12-30-13-21(26)23(29-30)31(35)36/h2-11,13H,12,14H2,1H3,(H,28,32)(H,33,34)/b27-15-. The Labute approximate surface area is 223 Å². The van der Waals surface area contributed by atoms with Crippen LogP contribution in [0.2, 0.25) is 0 Å².